The number of nitrogens with zero attached hydrogens (tertiary/aromatic N) is 4. The summed E-state index contributed by atoms with van der Waals surface area (Å²) >= 11 is 1.50. The summed E-state index contributed by atoms with van der Waals surface area (Å²) in [5.41, 5.74) is 3.26. The Kier molecular flexibility index (Phi) is 7.71. The van der Waals surface area contributed by atoms with Gasteiger partial charge in [-0.25, -0.2) is 4.98 Å². The van der Waals surface area contributed by atoms with E-state index in [1.807, 2.05) is 23.6 Å². The number of carbonyl (C=O) groups excluding carboxylic acids is 1. The lowest BCUT2D eigenvalue weighted by molar-refractivity contribution is -0.111. The van der Waals surface area contributed by atoms with Crippen LogP contribution in [-0.4, -0.2) is 60.6 Å². The summed E-state index contributed by atoms with van der Waals surface area (Å²) in [6.07, 6.45) is 1.22. The molecule has 1 aliphatic heterocycles. The molecule has 9 nitrogen and oxygen atoms in total. The highest BCUT2D eigenvalue weighted by molar-refractivity contribution is 7.17. The smallest absolute Gasteiger partial charge is 0.247 e. The van der Waals surface area contributed by atoms with Crippen molar-refractivity contribution < 1.29 is 14.3 Å². The Bertz CT molecular complexity index is 1450. The first kappa shape index (κ1) is 25.5. The Hall–Kier alpha value is -4.15. The summed E-state index contributed by atoms with van der Waals surface area (Å²) in [5.74, 6) is 1.77. The van der Waals surface area contributed by atoms with Crippen molar-refractivity contribution in [2.45, 2.75) is 6.92 Å². The van der Waals surface area contributed by atoms with Crippen molar-refractivity contribution in [1.82, 2.24) is 14.9 Å². The van der Waals surface area contributed by atoms with Gasteiger partial charge >= 0.3 is 0 Å². The predicted octanol–water partition coefficient (Wildman–Crippen LogP) is 5.50. The Balaban J connectivity index is 1.38. The standard InChI is InChI=1S/C28H30N6O3S/c1-4-25(35)29-19-7-6-8-21(17-19)37-27-26-23(11-16-38-26)31-28(32-27)30-22-10-9-20(18-24(22)36-3)34-14-12-33(5-2)13-15-34/h4,6-11,16-18H,1,5,12-15H2,2-3H3,(H,29,35)(H,30,31,32). The van der Waals surface area contributed by atoms with Crippen LogP contribution >= 0.6 is 11.3 Å². The van der Waals surface area contributed by atoms with E-state index in [4.69, 9.17) is 9.47 Å². The van der Waals surface area contributed by atoms with E-state index in [0.29, 0.717) is 29.0 Å². The highest BCUT2D eigenvalue weighted by Gasteiger charge is 2.18. The van der Waals surface area contributed by atoms with Crippen molar-refractivity contribution in [3.05, 3.63) is 66.6 Å². The maximum atomic E-state index is 11.7. The molecule has 0 bridgehead atoms. The molecule has 3 heterocycles. The van der Waals surface area contributed by atoms with Gasteiger partial charge in [0.25, 0.3) is 0 Å². The number of aromatic nitrogens is 2. The summed E-state index contributed by atoms with van der Waals surface area (Å²) < 4.78 is 12.7. The van der Waals surface area contributed by atoms with Crippen molar-refractivity contribution >= 4 is 50.5 Å². The molecular weight excluding hydrogens is 500 g/mol. The topological polar surface area (TPSA) is 91.8 Å². The number of anilines is 4. The lowest BCUT2D eigenvalue weighted by Gasteiger charge is -2.35. The second-order valence-electron chi connectivity index (χ2n) is 8.74. The van der Waals surface area contributed by atoms with Gasteiger partial charge in [-0.05, 0) is 48.3 Å². The largest absolute Gasteiger partial charge is 0.494 e. The maximum Gasteiger partial charge on any atom is 0.247 e. The average Bonchev–Trinajstić information content (AvgIpc) is 3.42. The molecule has 1 aliphatic rings. The fourth-order valence-corrected chi connectivity index (χ4v) is 5.08. The molecule has 5 rings (SSSR count). The second-order valence-corrected chi connectivity index (χ2v) is 9.66. The first-order chi connectivity index (χ1) is 18.6. The minimum absolute atomic E-state index is 0.292. The van der Waals surface area contributed by atoms with Crippen molar-refractivity contribution in [3.63, 3.8) is 0 Å². The van der Waals surface area contributed by atoms with Crippen molar-refractivity contribution in [1.29, 1.82) is 0 Å². The van der Waals surface area contributed by atoms with E-state index < -0.39 is 0 Å². The van der Waals surface area contributed by atoms with E-state index in [2.05, 4.69) is 50.0 Å². The lowest BCUT2D eigenvalue weighted by Crippen LogP contribution is -2.46. The Labute approximate surface area is 225 Å². The van der Waals surface area contributed by atoms with Crippen LogP contribution in [0.3, 0.4) is 0 Å². The van der Waals surface area contributed by atoms with Crippen LogP contribution in [0.1, 0.15) is 6.92 Å². The number of hydrogen-bond donors (Lipinski definition) is 2. The number of ether oxygens (including phenoxy) is 2. The van der Waals surface area contributed by atoms with Crippen LogP contribution in [0.25, 0.3) is 10.2 Å². The number of piperazine rings is 1. The first-order valence-corrected chi connectivity index (χ1v) is 13.3. The zero-order valence-electron chi connectivity index (χ0n) is 21.4. The van der Waals surface area contributed by atoms with Crippen LogP contribution in [0.2, 0.25) is 0 Å². The fraction of sp³-hybridized carbons (Fsp3) is 0.250. The highest BCUT2D eigenvalue weighted by Crippen LogP contribution is 2.36. The van der Waals surface area contributed by atoms with E-state index in [9.17, 15) is 4.79 Å². The number of amides is 1. The predicted molar refractivity (Wildman–Crippen MR) is 153 cm³/mol. The molecule has 38 heavy (non-hydrogen) atoms. The highest BCUT2D eigenvalue weighted by atomic mass is 32.1. The molecule has 0 aliphatic carbocycles. The molecule has 10 heteroatoms. The zero-order valence-corrected chi connectivity index (χ0v) is 22.3. The van der Waals surface area contributed by atoms with Gasteiger partial charge in [0.05, 0.1) is 18.3 Å². The Morgan fingerprint density at radius 1 is 1.13 bits per heavy atom. The van der Waals surface area contributed by atoms with Gasteiger partial charge in [0.2, 0.25) is 17.7 Å². The van der Waals surface area contributed by atoms with Gasteiger partial charge in [0.15, 0.2) is 0 Å². The molecule has 196 valence electrons. The van der Waals surface area contributed by atoms with Crippen molar-refractivity contribution in [2.75, 3.05) is 55.4 Å². The third-order valence-electron chi connectivity index (χ3n) is 6.39. The molecule has 1 fully saturated rings. The molecule has 4 aromatic rings. The van der Waals surface area contributed by atoms with Crippen LogP contribution in [0, 0.1) is 0 Å². The number of hydrogen-bond acceptors (Lipinski definition) is 9. The van der Waals surface area contributed by atoms with E-state index >= 15 is 0 Å². The maximum absolute atomic E-state index is 11.7. The van der Waals surface area contributed by atoms with Crippen molar-refractivity contribution in [3.8, 4) is 17.4 Å². The SMILES string of the molecule is C=CC(=O)Nc1cccc(Oc2nc(Nc3ccc(N4CCN(CC)CC4)cc3OC)nc3ccsc23)c1. The van der Waals surface area contributed by atoms with Gasteiger partial charge in [-0.15, -0.1) is 11.3 Å². The summed E-state index contributed by atoms with van der Waals surface area (Å²) in [5, 5.41) is 8.00. The third kappa shape index (κ3) is 5.71. The minimum atomic E-state index is -0.292. The van der Waals surface area contributed by atoms with E-state index in [-0.39, 0.29) is 5.91 Å². The number of nitrogens with one attached hydrogen (secondary N) is 2. The molecule has 0 radical (unpaired) electrons. The van der Waals surface area contributed by atoms with E-state index in [1.54, 1.807) is 31.4 Å². The van der Waals surface area contributed by atoms with Crippen LogP contribution in [0.15, 0.2) is 66.6 Å². The molecule has 2 aromatic heterocycles. The number of methoxy groups -OCH3 is 1. The summed E-state index contributed by atoms with van der Waals surface area (Å²) in [6.45, 7) is 10.9. The molecule has 0 atom stereocenters. The number of rotatable bonds is 9. The van der Waals surface area contributed by atoms with Crippen LogP contribution < -0.4 is 25.0 Å². The van der Waals surface area contributed by atoms with Crippen LogP contribution in [0.5, 0.6) is 17.4 Å². The normalized spacial score (nSPS) is 13.8. The molecule has 0 unspecified atom stereocenters. The van der Waals surface area contributed by atoms with Gasteiger partial charge in [-0.2, -0.15) is 4.98 Å². The van der Waals surface area contributed by atoms with E-state index in [1.165, 1.54) is 17.4 Å². The monoisotopic (exact) mass is 530 g/mol. The minimum Gasteiger partial charge on any atom is -0.494 e. The molecule has 2 N–H and O–H groups in total. The number of benzene rings is 2. The lowest BCUT2D eigenvalue weighted by atomic mass is 10.2. The first-order valence-electron chi connectivity index (χ1n) is 12.4. The zero-order chi connectivity index (χ0) is 26.5. The van der Waals surface area contributed by atoms with Gasteiger partial charge in [-0.1, -0.05) is 19.6 Å². The molecule has 2 aromatic carbocycles. The molecule has 0 spiro atoms. The van der Waals surface area contributed by atoms with Crippen LogP contribution in [-0.2, 0) is 4.79 Å². The molecule has 1 amide bonds. The van der Waals surface area contributed by atoms with Crippen LogP contribution in [0.4, 0.5) is 23.0 Å². The number of fused-ring (bicyclic) bond motifs is 1. The molecule has 0 saturated carbocycles. The van der Waals surface area contributed by atoms with Gasteiger partial charge < -0.3 is 29.9 Å². The number of carbonyl (C=O) groups is 1. The Morgan fingerprint density at radius 3 is 2.74 bits per heavy atom. The number of likely N-dealkylation sites (N-methyl/N-ethyl adjacent to an activating group) is 1. The summed E-state index contributed by atoms with van der Waals surface area (Å²) in [7, 11) is 1.66. The fourth-order valence-electron chi connectivity index (χ4n) is 4.33. The van der Waals surface area contributed by atoms with E-state index in [0.717, 1.165) is 54.3 Å². The Morgan fingerprint density at radius 2 is 1.97 bits per heavy atom. The second kappa shape index (κ2) is 11.5. The van der Waals surface area contributed by atoms with Gasteiger partial charge in [-0.3, -0.25) is 4.79 Å². The molecule has 1 saturated heterocycles. The summed E-state index contributed by atoms with van der Waals surface area (Å²) in [6, 6.07) is 15.2. The quantitative estimate of drug-likeness (QED) is 0.274. The number of thiophene rings is 1. The molecular formula is C28H30N6O3S. The van der Waals surface area contributed by atoms with Crippen molar-refractivity contribution in [2.24, 2.45) is 0 Å². The summed E-state index contributed by atoms with van der Waals surface area (Å²) in [4.78, 5) is 25.9. The van der Waals surface area contributed by atoms with Gasteiger partial charge in [0.1, 0.15) is 16.2 Å². The average molecular weight is 531 g/mol. The third-order valence-corrected chi connectivity index (χ3v) is 7.28. The van der Waals surface area contributed by atoms with Gasteiger partial charge in [0, 0.05) is 49.7 Å².